The molecule has 7 rings (SSSR count). The second-order valence-electron chi connectivity index (χ2n) is 11.6. The topological polar surface area (TPSA) is 63.2 Å². The molecule has 3 unspecified atom stereocenters. The molecule has 2 bridgehead atoms. The predicted molar refractivity (Wildman–Crippen MR) is 150 cm³/mol. The smallest absolute Gasteiger partial charge is 0.319 e. The molecule has 3 fully saturated rings. The number of piperidine rings is 1. The number of hydrogen-bond acceptors (Lipinski definition) is 6. The van der Waals surface area contributed by atoms with E-state index in [1.807, 2.05) is 30.3 Å². The molecule has 1 saturated carbocycles. The fourth-order valence-corrected chi connectivity index (χ4v) is 6.98. The lowest BCUT2D eigenvalue weighted by molar-refractivity contribution is 0.200. The summed E-state index contributed by atoms with van der Waals surface area (Å²) in [5.41, 5.74) is -0.325. The maximum Gasteiger partial charge on any atom is 0.319 e. The summed E-state index contributed by atoms with van der Waals surface area (Å²) < 4.78 is 36.8. The number of halogens is 3. The Hall–Kier alpha value is -3.10. The fraction of sp³-hybridized carbons (Fsp3) is 0.433. The van der Waals surface area contributed by atoms with Crippen molar-refractivity contribution in [1.29, 1.82) is 0 Å². The third kappa shape index (κ3) is 4.57. The molecule has 0 radical (unpaired) electrons. The molecule has 39 heavy (non-hydrogen) atoms. The molecule has 1 N–H and O–H groups in total. The van der Waals surface area contributed by atoms with Crippen molar-refractivity contribution in [3.8, 4) is 17.3 Å². The van der Waals surface area contributed by atoms with Crippen LogP contribution in [0.2, 0.25) is 5.02 Å². The third-order valence-corrected chi connectivity index (χ3v) is 8.82. The molecular weight excluding hydrogens is 520 g/mol. The average Bonchev–Trinajstić information content (AvgIpc) is 3.46. The molecule has 1 aliphatic carbocycles. The van der Waals surface area contributed by atoms with E-state index in [9.17, 15) is 4.39 Å². The van der Waals surface area contributed by atoms with Gasteiger partial charge in [0, 0.05) is 54.3 Å². The van der Waals surface area contributed by atoms with Gasteiger partial charge in [0.2, 0.25) is 0 Å². The Kier molecular flexibility index (Phi) is 6.08. The van der Waals surface area contributed by atoms with Gasteiger partial charge in [-0.05, 0) is 49.5 Å². The number of anilines is 1. The highest BCUT2D eigenvalue weighted by Crippen LogP contribution is 2.41. The Balaban J connectivity index is 1.33. The first-order valence-electron chi connectivity index (χ1n) is 13.7. The molecule has 3 aliphatic rings. The number of ether oxygens (including phenoxy) is 1. The van der Waals surface area contributed by atoms with Crippen LogP contribution in [0.4, 0.5) is 14.6 Å². The van der Waals surface area contributed by atoms with Gasteiger partial charge in [-0.15, -0.1) is 0 Å². The summed E-state index contributed by atoms with van der Waals surface area (Å²) in [6, 6.07) is 11.2. The van der Waals surface area contributed by atoms with E-state index in [0.717, 1.165) is 23.9 Å². The predicted octanol–water partition coefficient (Wildman–Crippen LogP) is 6.34. The second kappa shape index (κ2) is 9.52. The van der Waals surface area contributed by atoms with Crippen molar-refractivity contribution in [2.75, 3.05) is 31.1 Å². The van der Waals surface area contributed by atoms with Crippen molar-refractivity contribution in [1.82, 2.24) is 20.3 Å². The summed E-state index contributed by atoms with van der Waals surface area (Å²) in [5, 5.41) is 5.89. The number of benzene rings is 2. The molecule has 2 saturated heterocycles. The van der Waals surface area contributed by atoms with Crippen LogP contribution in [0.1, 0.15) is 32.6 Å². The van der Waals surface area contributed by atoms with E-state index in [0.29, 0.717) is 40.0 Å². The summed E-state index contributed by atoms with van der Waals surface area (Å²) >= 11 is 6.56. The highest BCUT2D eigenvalue weighted by atomic mass is 35.5. The molecule has 0 spiro atoms. The molecule has 2 aromatic carbocycles. The van der Waals surface area contributed by atoms with Gasteiger partial charge in [0.05, 0.1) is 5.39 Å². The Morgan fingerprint density at radius 1 is 1.13 bits per heavy atom. The number of alkyl halides is 1. The van der Waals surface area contributed by atoms with Crippen LogP contribution in [0.25, 0.3) is 32.9 Å². The summed E-state index contributed by atoms with van der Waals surface area (Å²) in [6.45, 7) is 3.80. The fourth-order valence-electron chi connectivity index (χ4n) is 6.70. The maximum absolute atomic E-state index is 16.4. The zero-order chi connectivity index (χ0) is 26.7. The molecule has 4 heterocycles. The highest BCUT2D eigenvalue weighted by Gasteiger charge is 2.36. The minimum Gasteiger partial charge on any atom is -0.462 e. The van der Waals surface area contributed by atoms with Gasteiger partial charge < -0.3 is 15.0 Å². The summed E-state index contributed by atoms with van der Waals surface area (Å²) in [4.78, 5) is 16.1. The summed E-state index contributed by atoms with van der Waals surface area (Å²) in [5.74, 6) is 1.33. The number of nitrogens with one attached hydrogen (secondary N) is 1. The van der Waals surface area contributed by atoms with Gasteiger partial charge in [-0.2, -0.15) is 9.97 Å². The van der Waals surface area contributed by atoms with Gasteiger partial charge in [0.25, 0.3) is 0 Å². The minimum absolute atomic E-state index is 0.0942. The lowest BCUT2D eigenvalue weighted by Gasteiger charge is -2.33. The lowest BCUT2D eigenvalue weighted by Crippen LogP contribution is -2.37. The van der Waals surface area contributed by atoms with E-state index in [-0.39, 0.29) is 36.4 Å². The molecule has 4 atom stereocenters. The highest BCUT2D eigenvalue weighted by molar-refractivity contribution is 6.36. The Bertz CT molecular complexity index is 1560. The summed E-state index contributed by atoms with van der Waals surface area (Å²) in [7, 11) is 0. The van der Waals surface area contributed by atoms with Crippen LogP contribution in [0, 0.1) is 17.7 Å². The molecular formula is C30H30ClF2N5O. The number of fused-ring (bicyclic) bond motifs is 4. The van der Waals surface area contributed by atoms with Crippen molar-refractivity contribution in [2.24, 2.45) is 11.8 Å². The average molecular weight is 550 g/mol. The molecule has 4 aromatic rings. The molecule has 6 nitrogen and oxygen atoms in total. The minimum atomic E-state index is -1.27. The standard InChI is InChI=1S/C30H30ClF2N5O/c1-30(33)11-20(35-16-30)15-39-29-36-27-22(28(37-29)38-13-17-8-9-18(10-17)14-38)12-34-26(25(27)32)21-6-2-4-19-5-3-7-23(31)24(19)21/h2-7,12,17-18,20,35H,8-11,13-16H2,1H3/t17?,18?,20-,30?/m0/s1. The largest absolute Gasteiger partial charge is 0.462 e. The van der Waals surface area contributed by atoms with Gasteiger partial charge in [0.1, 0.15) is 29.3 Å². The first kappa shape index (κ1) is 24.9. The van der Waals surface area contributed by atoms with Crippen molar-refractivity contribution >= 4 is 39.1 Å². The zero-order valence-electron chi connectivity index (χ0n) is 21.8. The second-order valence-corrected chi connectivity index (χ2v) is 12.0. The van der Waals surface area contributed by atoms with Crippen LogP contribution < -0.4 is 15.0 Å². The monoisotopic (exact) mass is 549 g/mol. The van der Waals surface area contributed by atoms with Gasteiger partial charge in [0.15, 0.2) is 5.82 Å². The van der Waals surface area contributed by atoms with Crippen molar-refractivity contribution in [2.45, 2.75) is 44.3 Å². The zero-order valence-corrected chi connectivity index (χ0v) is 22.5. The first-order valence-corrected chi connectivity index (χ1v) is 14.1. The molecule has 2 aromatic heterocycles. The van der Waals surface area contributed by atoms with Crippen molar-refractivity contribution < 1.29 is 13.5 Å². The summed E-state index contributed by atoms with van der Waals surface area (Å²) in [6.07, 6.45) is 5.67. The lowest BCUT2D eigenvalue weighted by atomic mass is 9.98. The van der Waals surface area contributed by atoms with E-state index in [1.54, 1.807) is 19.2 Å². The van der Waals surface area contributed by atoms with E-state index in [1.165, 1.54) is 19.3 Å². The van der Waals surface area contributed by atoms with Gasteiger partial charge in [-0.25, -0.2) is 8.78 Å². The van der Waals surface area contributed by atoms with Crippen LogP contribution in [-0.4, -0.2) is 52.9 Å². The van der Waals surface area contributed by atoms with Crippen molar-refractivity contribution in [3.63, 3.8) is 0 Å². The van der Waals surface area contributed by atoms with E-state index in [4.69, 9.17) is 21.3 Å². The molecule has 0 amide bonds. The van der Waals surface area contributed by atoms with E-state index in [2.05, 4.69) is 20.2 Å². The number of pyridine rings is 1. The van der Waals surface area contributed by atoms with Gasteiger partial charge >= 0.3 is 6.01 Å². The first-order chi connectivity index (χ1) is 18.8. The number of hydrogen-bond donors (Lipinski definition) is 1. The number of aromatic nitrogens is 3. The number of nitrogens with zero attached hydrogens (tertiary/aromatic N) is 4. The molecule has 202 valence electrons. The SMILES string of the molecule is CC1(F)CN[C@H](COc2nc(N3CC4CCC(C4)C3)c3cnc(-c4cccc5cccc(Cl)c45)c(F)c3n2)C1. The molecule has 2 aliphatic heterocycles. The van der Waals surface area contributed by atoms with Gasteiger partial charge in [-0.1, -0.05) is 41.9 Å². The van der Waals surface area contributed by atoms with Crippen LogP contribution in [-0.2, 0) is 0 Å². The number of rotatable bonds is 5. The third-order valence-electron chi connectivity index (χ3n) is 8.50. The van der Waals surface area contributed by atoms with Crippen molar-refractivity contribution in [3.05, 3.63) is 53.4 Å². The van der Waals surface area contributed by atoms with Crippen LogP contribution in [0.3, 0.4) is 0 Å². The van der Waals surface area contributed by atoms with Crippen LogP contribution in [0.5, 0.6) is 6.01 Å². The normalized spacial score (nSPS) is 26.6. The Morgan fingerprint density at radius 2 is 1.90 bits per heavy atom. The van der Waals surface area contributed by atoms with Crippen LogP contribution >= 0.6 is 11.6 Å². The van der Waals surface area contributed by atoms with E-state index >= 15 is 4.39 Å². The van der Waals surface area contributed by atoms with Gasteiger partial charge in [-0.3, -0.25) is 4.98 Å². The maximum atomic E-state index is 16.4. The Morgan fingerprint density at radius 3 is 2.64 bits per heavy atom. The molecule has 9 heteroatoms. The van der Waals surface area contributed by atoms with Crippen LogP contribution in [0.15, 0.2) is 42.6 Å². The Labute approximate surface area is 230 Å². The quantitative estimate of drug-likeness (QED) is 0.313. The van der Waals surface area contributed by atoms with E-state index < -0.39 is 11.5 Å².